The minimum Gasteiger partial charge on any atom is -0.0622 e. The average Bonchev–Trinajstić information content (AvgIpc) is 3.14. The topological polar surface area (TPSA) is 0 Å². The third-order valence-corrected chi connectivity index (χ3v) is 6.59. The molecule has 0 nitrogen and oxygen atoms in total. The van der Waals surface area contributed by atoms with E-state index in [-0.39, 0.29) is 0 Å². The number of benzene rings is 6. The van der Waals surface area contributed by atoms with Crippen molar-refractivity contribution in [1.29, 1.82) is 0 Å². The van der Waals surface area contributed by atoms with E-state index in [1.165, 1.54) is 65.7 Å². The first-order chi connectivity index (χ1) is 14.9. The third-order valence-electron chi connectivity index (χ3n) is 6.59. The van der Waals surface area contributed by atoms with Gasteiger partial charge in [-0.1, -0.05) is 103 Å². The van der Waals surface area contributed by atoms with Crippen LogP contribution in [0.25, 0.3) is 65.7 Å². The van der Waals surface area contributed by atoms with E-state index in [9.17, 15) is 0 Å². The first kappa shape index (κ1) is 16.0. The summed E-state index contributed by atoms with van der Waals surface area (Å²) < 4.78 is 0. The molecule has 1 aliphatic rings. The number of rotatable bonds is 1. The van der Waals surface area contributed by atoms with Crippen LogP contribution in [0.1, 0.15) is 0 Å². The van der Waals surface area contributed by atoms with Gasteiger partial charge in [-0.3, -0.25) is 0 Å². The molecular weight excluding hydrogens is 360 g/mol. The van der Waals surface area contributed by atoms with Crippen LogP contribution >= 0.6 is 0 Å². The smallest absolute Gasteiger partial charge is 0.00197 e. The first-order valence-corrected chi connectivity index (χ1v) is 10.5. The fraction of sp³-hybridized carbons (Fsp3) is 0. The summed E-state index contributed by atoms with van der Waals surface area (Å²) in [4.78, 5) is 0. The highest BCUT2D eigenvalue weighted by atomic mass is 14.3. The quantitative estimate of drug-likeness (QED) is 0.251. The fourth-order valence-corrected chi connectivity index (χ4v) is 5.33. The van der Waals surface area contributed by atoms with Crippen LogP contribution in [0.15, 0.2) is 109 Å². The molecule has 0 N–H and O–H groups in total. The molecule has 0 aliphatic heterocycles. The molecule has 0 aromatic heterocycles. The zero-order chi connectivity index (χ0) is 19.7. The van der Waals surface area contributed by atoms with Gasteiger partial charge < -0.3 is 0 Å². The highest BCUT2D eigenvalue weighted by Crippen LogP contribution is 2.50. The molecule has 0 atom stereocenters. The lowest BCUT2D eigenvalue weighted by atomic mass is 9.90. The van der Waals surface area contributed by atoms with E-state index in [1.807, 2.05) is 0 Å². The van der Waals surface area contributed by atoms with Gasteiger partial charge in [-0.15, -0.1) is 0 Å². The van der Waals surface area contributed by atoms with Crippen molar-refractivity contribution in [2.45, 2.75) is 0 Å². The van der Waals surface area contributed by atoms with Gasteiger partial charge in [0.25, 0.3) is 0 Å². The molecular formula is C30H18. The summed E-state index contributed by atoms with van der Waals surface area (Å²) in [6.45, 7) is 0. The lowest BCUT2D eigenvalue weighted by molar-refractivity contribution is 1.66. The lowest BCUT2D eigenvalue weighted by Gasteiger charge is -2.13. The number of hydrogen-bond acceptors (Lipinski definition) is 0. The molecule has 6 aromatic rings. The molecule has 0 heteroatoms. The fourth-order valence-electron chi connectivity index (χ4n) is 5.33. The summed E-state index contributed by atoms with van der Waals surface area (Å²) in [5, 5.41) is 8.06. The van der Waals surface area contributed by atoms with E-state index in [0.717, 1.165) is 0 Å². The lowest BCUT2D eigenvalue weighted by Crippen LogP contribution is -1.86. The second kappa shape index (κ2) is 5.81. The molecule has 7 rings (SSSR count). The van der Waals surface area contributed by atoms with E-state index in [1.54, 1.807) is 0 Å². The molecule has 0 spiro atoms. The molecule has 30 heavy (non-hydrogen) atoms. The Labute approximate surface area is 175 Å². The van der Waals surface area contributed by atoms with E-state index in [2.05, 4.69) is 109 Å². The second-order valence-electron chi connectivity index (χ2n) is 8.13. The van der Waals surface area contributed by atoms with Gasteiger partial charge >= 0.3 is 0 Å². The molecule has 6 aromatic carbocycles. The Morgan fingerprint density at radius 1 is 0.333 bits per heavy atom. The van der Waals surface area contributed by atoms with Crippen molar-refractivity contribution in [2.75, 3.05) is 0 Å². The van der Waals surface area contributed by atoms with Crippen molar-refractivity contribution in [2.24, 2.45) is 0 Å². The third kappa shape index (κ3) is 2.00. The van der Waals surface area contributed by atoms with E-state index < -0.39 is 0 Å². The van der Waals surface area contributed by atoms with Gasteiger partial charge in [-0.2, -0.15) is 0 Å². The van der Waals surface area contributed by atoms with Crippen LogP contribution in [-0.4, -0.2) is 0 Å². The van der Waals surface area contributed by atoms with Gasteiger partial charge in [0.15, 0.2) is 0 Å². The normalized spacial score (nSPS) is 12.0. The van der Waals surface area contributed by atoms with Crippen molar-refractivity contribution < 1.29 is 0 Å². The Morgan fingerprint density at radius 3 is 1.83 bits per heavy atom. The Hall–Kier alpha value is -3.90. The Bertz CT molecular complexity index is 1620. The number of hydrogen-bond donors (Lipinski definition) is 0. The van der Waals surface area contributed by atoms with E-state index >= 15 is 0 Å². The maximum atomic E-state index is 2.39. The van der Waals surface area contributed by atoms with Crippen molar-refractivity contribution >= 4 is 32.3 Å². The highest BCUT2D eigenvalue weighted by Gasteiger charge is 2.22. The summed E-state index contributed by atoms with van der Waals surface area (Å²) in [6, 6.07) is 40.0. The standard InChI is InChI=1S/C30H18/c1-2-8-19(9-3-1)21-12-6-13-25-24(21)17-16-20-18-28-23-11-5-4-10-22(23)26-14-7-15-27(29(20)25)30(26)28/h1-18H. The van der Waals surface area contributed by atoms with Crippen molar-refractivity contribution in [3.05, 3.63) is 109 Å². The second-order valence-corrected chi connectivity index (χ2v) is 8.13. The largest absolute Gasteiger partial charge is 0.0622 e. The molecule has 0 saturated carbocycles. The summed E-state index contributed by atoms with van der Waals surface area (Å²) >= 11 is 0. The van der Waals surface area contributed by atoms with Gasteiger partial charge in [0.2, 0.25) is 0 Å². The Kier molecular flexibility index (Phi) is 3.09. The average molecular weight is 378 g/mol. The Balaban J connectivity index is 1.67. The minimum absolute atomic E-state index is 1.26. The van der Waals surface area contributed by atoms with Gasteiger partial charge in [0, 0.05) is 0 Å². The molecule has 138 valence electrons. The molecule has 0 fully saturated rings. The van der Waals surface area contributed by atoms with Crippen LogP contribution in [0.2, 0.25) is 0 Å². The molecule has 0 heterocycles. The van der Waals surface area contributed by atoms with Crippen LogP contribution in [0.4, 0.5) is 0 Å². The van der Waals surface area contributed by atoms with E-state index in [0.29, 0.717) is 0 Å². The highest BCUT2D eigenvalue weighted by molar-refractivity contribution is 6.29. The van der Waals surface area contributed by atoms with Crippen molar-refractivity contribution in [3.63, 3.8) is 0 Å². The predicted molar refractivity (Wildman–Crippen MR) is 129 cm³/mol. The van der Waals surface area contributed by atoms with Gasteiger partial charge in [0.1, 0.15) is 0 Å². The first-order valence-electron chi connectivity index (χ1n) is 10.5. The van der Waals surface area contributed by atoms with Crippen molar-refractivity contribution in [1.82, 2.24) is 0 Å². The van der Waals surface area contributed by atoms with Crippen LogP contribution in [0.3, 0.4) is 0 Å². The van der Waals surface area contributed by atoms with Gasteiger partial charge in [-0.05, 0) is 71.8 Å². The summed E-state index contributed by atoms with van der Waals surface area (Å²) in [5.41, 5.74) is 7.98. The zero-order valence-electron chi connectivity index (χ0n) is 16.4. The van der Waals surface area contributed by atoms with Gasteiger partial charge in [0.05, 0.1) is 0 Å². The maximum absolute atomic E-state index is 2.39. The van der Waals surface area contributed by atoms with Gasteiger partial charge in [-0.25, -0.2) is 0 Å². The monoisotopic (exact) mass is 378 g/mol. The molecule has 0 amide bonds. The molecule has 1 aliphatic carbocycles. The van der Waals surface area contributed by atoms with E-state index in [4.69, 9.17) is 0 Å². The minimum atomic E-state index is 1.26. The van der Waals surface area contributed by atoms with Crippen LogP contribution in [0.5, 0.6) is 0 Å². The summed E-state index contributed by atoms with van der Waals surface area (Å²) in [7, 11) is 0. The van der Waals surface area contributed by atoms with Crippen LogP contribution in [-0.2, 0) is 0 Å². The predicted octanol–water partition coefficient (Wildman–Crippen LogP) is 8.46. The van der Waals surface area contributed by atoms with Crippen molar-refractivity contribution in [3.8, 4) is 33.4 Å². The summed E-state index contributed by atoms with van der Waals surface area (Å²) in [6.07, 6.45) is 0. The Morgan fingerprint density at radius 2 is 1.00 bits per heavy atom. The summed E-state index contributed by atoms with van der Waals surface area (Å²) in [5.74, 6) is 0. The zero-order valence-corrected chi connectivity index (χ0v) is 16.4. The number of fused-ring (bicyclic) bond motifs is 7. The molecule has 0 unspecified atom stereocenters. The van der Waals surface area contributed by atoms with Crippen LogP contribution < -0.4 is 0 Å². The molecule has 0 radical (unpaired) electrons. The van der Waals surface area contributed by atoms with Crippen LogP contribution in [0, 0.1) is 0 Å². The SMILES string of the molecule is c1ccc(-c2cccc3c2ccc2cc4c5c(cccc5c23)-c2ccccc2-4)cc1. The molecule has 0 saturated heterocycles. The molecule has 0 bridgehead atoms. The maximum Gasteiger partial charge on any atom is -0.00197 e.